The maximum atomic E-state index is 14.8. The molecule has 1 heterocycles. The molecule has 1 atom stereocenters. The molecule has 144 valence electrons. The van der Waals surface area contributed by atoms with Crippen molar-refractivity contribution in [1.82, 2.24) is 4.57 Å². The fraction of sp³-hybridized carbons (Fsp3) is 0.182. The van der Waals surface area contributed by atoms with E-state index >= 15 is 0 Å². The van der Waals surface area contributed by atoms with Crippen LogP contribution in [0.25, 0.3) is 0 Å². The average molecular weight is 443 g/mol. The first-order valence-electron chi connectivity index (χ1n) is 8.78. The van der Waals surface area contributed by atoms with Crippen molar-refractivity contribution in [2.75, 3.05) is 0 Å². The van der Waals surface area contributed by atoms with Gasteiger partial charge in [0, 0.05) is 41.7 Å². The summed E-state index contributed by atoms with van der Waals surface area (Å²) in [5.41, 5.74) is 3.10. The summed E-state index contributed by atoms with van der Waals surface area (Å²) in [6.45, 7) is 1.84. The zero-order valence-corrected chi connectivity index (χ0v) is 17.1. The van der Waals surface area contributed by atoms with Crippen molar-refractivity contribution in [1.29, 1.82) is 0 Å². The topological polar surface area (TPSA) is 54.6 Å². The number of oxime groups is 1. The van der Waals surface area contributed by atoms with Crippen LogP contribution in [0, 0.1) is 12.7 Å². The molecule has 0 fully saturated rings. The van der Waals surface area contributed by atoms with Gasteiger partial charge >= 0.3 is 0 Å². The van der Waals surface area contributed by atoms with E-state index in [1.54, 1.807) is 25.4 Å². The van der Waals surface area contributed by atoms with E-state index in [-0.39, 0.29) is 23.7 Å². The lowest BCUT2D eigenvalue weighted by atomic mass is 9.85. The van der Waals surface area contributed by atoms with Crippen LogP contribution < -0.4 is 5.56 Å². The predicted molar refractivity (Wildman–Crippen MR) is 112 cm³/mol. The minimum absolute atomic E-state index is 0.157. The molecule has 0 radical (unpaired) electrons. The highest BCUT2D eigenvalue weighted by atomic mass is 79.9. The van der Waals surface area contributed by atoms with Crippen LogP contribution in [-0.2, 0) is 7.05 Å². The standard InChI is InChI=1S/C22H20BrFN2O2/c1-14-3-9-18(20(24)11-14)19(15-4-7-17(23)8-5-15)12-21(25-28)16-6-10-22(27)26(2)13-16/h3-11,13,19,28H,12H2,1-2H3. The predicted octanol–water partition coefficient (Wildman–Crippen LogP) is 5.00. The van der Waals surface area contributed by atoms with Gasteiger partial charge in [-0.3, -0.25) is 4.79 Å². The Morgan fingerprint density at radius 3 is 2.50 bits per heavy atom. The second kappa shape index (κ2) is 8.52. The minimum Gasteiger partial charge on any atom is -0.411 e. The highest BCUT2D eigenvalue weighted by Crippen LogP contribution is 2.32. The molecule has 0 bridgehead atoms. The number of aryl methyl sites for hydroxylation is 2. The molecule has 0 saturated carbocycles. The van der Waals surface area contributed by atoms with E-state index in [0.29, 0.717) is 16.8 Å². The van der Waals surface area contributed by atoms with E-state index in [0.717, 1.165) is 15.6 Å². The minimum atomic E-state index is -0.350. The highest BCUT2D eigenvalue weighted by Gasteiger charge is 2.22. The van der Waals surface area contributed by atoms with E-state index < -0.39 is 0 Å². The van der Waals surface area contributed by atoms with Gasteiger partial charge in [0.1, 0.15) is 5.82 Å². The molecule has 0 saturated heterocycles. The monoisotopic (exact) mass is 442 g/mol. The molecular formula is C22H20BrFN2O2. The summed E-state index contributed by atoms with van der Waals surface area (Å²) in [5.74, 6) is -0.650. The summed E-state index contributed by atoms with van der Waals surface area (Å²) in [5, 5.41) is 13.1. The Labute approximate surface area is 171 Å². The summed E-state index contributed by atoms with van der Waals surface area (Å²) in [6, 6.07) is 15.8. The quantitative estimate of drug-likeness (QED) is 0.343. The Kier molecular flexibility index (Phi) is 6.09. The molecule has 4 nitrogen and oxygen atoms in total. The van der Waals surface area contributed by atoms with Crippen LogP contribution in [-0.4, -0.2) is 15.5 Å². The molecule has 0 aliphatic heterocycles. The van der Waals surface area contributed by atoms with Gasteiger partial charge in [-0.15, -0.1) is 0 Å². The van der Waals surface area contributed by atoms with Gasteiger partial charge in [-0.05, 0) is 47.9 Å². The fourth-order valence-corrected chi connectivity index (χ4v) is 3.46. The van der Waals surface area contributed by atoms with E-state index in [4.69, 9.17) is 0 Å². The largest absolute Gasteiger partial charge is 0.411 e. The van der Waals surface area contributed by atoms with Crippen LogP contribution >= 0.6 is 15.9 Å². The normalized spacial score (nSPS) is 12.8. The third kappa shape index (κ3) is 4.39. The van der Waals surface area contributed by atoms with Crippen molar-refractivity contribution in [2.45, 2.75) is 19.3 Å². The van der Waals surface area contributed by atoms with Gasteiger partial charge in [0.15, 0.2) is 0 Å². The number of halogens is 2. The molecule has 0 spiro atoms. The van der Waals surface area contributed by atoms with Crippen molar-refractivity contribution in [3.05, 3.63) is 104 Å². The first-order valence-corrected chi connectivity index (χ1v) is 9.58. The van der Waals surface area contributed by atoms with E-state index in [2.05, 4.69) is 21.1 Å². The number of rotatable bonds is 5. The summed E-state index contributed by atoms with van der Waals surface area (Å²) in [4.78, 5) is 11.7. The summed E-state index contributed by atoms with van der Waals surface area (Å²) in [6.07, 6.45) is 1.89. The third-order valence-corrected chi connectivity index (χ3v) is 5.27. The molecule has 28 heavy (non-hydrogen) atoms. The Bertz CT molecular complexity index is 1070. The second-order valence-electron chi connectivity index (χ2n) is 6.75. The molecule has 0 amide bonds. The third-order valence-electron chi connectivity index (χ3n) is 4.74. The molecule has 6 heteroatoms. The van der Waals surface area contributed by atoms with Crippen LogP contribution in [0.5, 0.6) is 0 Å². The van der Waals surface area contributed by atoms with E-state index in [1.165, 1.54) is 16.7 Å². The number of hydrogen-bond acceptors (Lipinski definition) is 3. The van der Waals surface area contributed by atoms with E-state index in [1.807, 2.05) is 37.3 Å². The van der Waals surface area contributed by atoms with Gasteiger partial charge in [0.2, 0.25) is 5.56 Å². The lowest BCUT2D eigenvalue weighted by Crippen LogP contribution is -2.18. The maximum absolute atomic E-state index is 14.8. The zero-order chi connectivity index (χ0) is 20.3. The van der Waals surface area contributed by atoms with Gasteiger partial charge < -0.3 is 9.77 Å². The summed E-state index contributed by atoms with van der Waals surface area (Å²) >= 11 is 3.42. The highest BCUT2D eigenvalue weighted by molar-refractivity contribution is 9.10. The second-order valence-corrected chi connectivity index (χ2v) is 7.66. The van der Waals surface area contributed by atoms with Crippen molar-refractivity contribution in [3.8, 4) is 0 Å². The number of nitrogens with zero attached hydrogens (tertiary/aromatic N) is 2. The molecule has 2 aromatic carbocycles. The lowest BCUT2D eigenvalue weighted by Gasteiger charge is -2.20. The van der Waals surface area contributed by atoms with Gasteiger partial charge in [-0.25, -0.2) is 4.39 Å². The fourth-order valence-electron chi connectivity index (χ4n) is 3.19. The van der Waals surface area contributed by atoms with Crippen molar-refractivity contribution in [3.63, 3.8) is 0 Å². The van der Waals surface area contributed by atoms with Gasteiger partial charge in [0.05, 0.1) is 5.71 Å². The van der Waals surface area contributed by atoms with Crippen molar-refractivity contribution >= 4 is 21.6 Å². The van der Waals surface area contributed by atoms with Crippen LogP contribution in [0.15, 0.2) is 75.2 Å². The zero-order valence-electron chi connectivity index (χ0n) is 15.6. The van der Waals surface area contributed by atoms with Crippen molar-refractivity contribution < 1.29 is 9.60 Å². The molecule has 0 aliphatic rings. The van der Waals surface area contributed by atoms with Crippen LogP contribution in [0.2, 0.25) is 0 Å². The molecule has 1 aromatic heterocycles. The Balaban J connectivity index is 2.06. The Hall–Kier alpha value is -2.73. The molecule has 3 rings (SSSR count). The Morgan fingerprint density at radius 2 is 1.89 bits per heavy atom. The van der Waals surface area contributed by atoms with Crippen LogP contribution in [0.1, 0.15) is 34.6 Å². The van der Waals surface area contributed by atoms with Gasteiger partial charge in [-0.1, -0.05) is 45.4 Å². The summed E-state index contributed by atoms with van der Waals surface area (Å²) in [7, 11) is 1.63. The molecule has 1 unspecified atom stereocenters. The smallest absolute Gasteiger partial charge is 0.250 e. The van der Waals surface area contributed by atoms with E-state index in [9.17, 15) is 14.4 Å². The molecule has 1 N–H and O–H groups in total. The molecular weight excluding hydrogens is 423 g/mol. The summed E-state index contributed by atoms with van der Waals surface area (Å²) < 4.78 is 17.1. The Morgan fingerprint density at radius 1 is 1.18 bits per heavy atom. The maximum Gasteiger partial charge on any atom is 0.250 e. The molecule has 0 aliphatic carbocycles. The van der Waals surface area contributed by atoms with Crippen molar-refractivity contribution in [2.24, 2.45) is 12.2 Å². The van der Waals surface area contributed by atoms with Crippen LogP contribution in [0.3, 0.4) is 0 Å². The number of hydrogen-bond donors (Lipinski definition) is 1. The number of pyridine rings is 1. The molecule has 3 aromatic rings. The van der Waals surface area contributed by atoms with Crippen LogP contribution in [0.4, 0.5) is 4.39 Å². The van der Waals surface area contributed by atoms with Gasteiger partial charge in [-0.2, -0.15) is 0 Å². The number of aromatic nitrogens is 1. The average Bonchev–Trinajstić information content (AvgIpc) is 2.67. The first kappa shape index (κ1) is 20.0. The first-order chi connectivity index (χ1) is 13.4. The SMILES string of the molecule is Cc1ccc(C(CC(=NO)c2ccc(=O)n(C)c2)c2ccc(Br)cc2)c(F)c1. The van der Waals surface area contributed by atoms with Gasteiger partial charge in [0.25, 0.3) is 0 Å². The lowest BCUT2D eigenvalue weighted by molar-refractivity contribution is 0.317. The number of benzene rings is 2.